The highest BCUT2D eigenvalue weighted by Gasteiger charge is 2.49. The Morgan fingerprint density at radius 3 is 2.41 bits per heavy atom. The fraction of sp³-hybridized carbons (Fsp3) is 0.391. The van der Waals surface area contributed by atoms with Crippen molar-refractivity contribution in [2.75, 3.05) is 18.4 Å². The van der Waals surface area contributed by atoms with Crippen molar-refractivity contribution in [3.05, 3.63) is 65.7 Å². The Kier molecular flexibility index (Phi) is 5.60. The lowest BCUT2D eigenvalue weighted by molar-refractivity contribution is -0.135. The highest BCUT2D eigenvalue weighted by Crippen LogP contribution is 2.41. The number of anilines is 1. The lowest BCUT2D eigenvalue weighted by atomic mass is 9.90. The van der Waals surface area contributed by atoms with Crippen molar-refractivity contribution in [1.29, 1.82) is 0 Å². The van der Waals surface area contributed by atoms with Gasteiger partial charge in [-0.2, -0.15) is 0 Å². The fourth-order valence-electron chi connectivity index (χ4n) is 4.11. The van der Waals surface area contributed by atoms with Crippen LogP contribution in [-0.4, -0.2) is 29.8 Å². The molecule has 0 spiro atoms. The average Bonchev–Trinajstić information content (AvgIpc) is 3.52. The normalized spacial score (nSPS) is 21.7. The summed E-state index contributed by atoms with van der Waals surface area (Å²) in [6.45, 7) is 1.43. The van der Waals surface area contributed by atoms with Gasteiger partial charge < -0.3 is 10.2 Å². The lowest BCUT2D eigenvalue weighted by Crippen LogP contribution is -2.40. The van der Waals surface area contributed by atoms with Gasteiger partial charge in [0.25, 0.3) is 0 Å². The molecule has 29 heavy (non-hydrogen) atoms. The number of likely N-dealkylation sites (tertiary alicyclic amines) is 1. The minimum atomic E-state index is -0.817. The number of benzene rings is 2. The van der Waals surface area contributed by atoms with Crippen LogP contribution in [0.5, 0.6) is 0 Å². The molecule has 2 aromatic rings. The number of nitrogens with zero attached hydrogens (tertiary/aromatic N) is 1. The molecule has 2 fully saturated rings. The molecule has 2 aromatic carbocycles. The van der Waals surface area contributed by atoms with E-state index in [1.165, 1.54) is 11.6 Å². The predicted molar refractivity (Wildman–Crippen MR) is 106 cm³/mol. The van der Waals surface area contributed by atoms with E-state index in [0.29, 0.717) is 25.4 Å². The second-order valence-electron chi connectivity index (χ2n) is 8.02. The number of carbonyl (C=O) groups excluding carboxylic acids is 2. The number of hydrogen-bond acceptors (Lipinski definition) is 2. The van der Waals surface area contributed by atoms with Crippen molar-refractivity contribution in [3.8, 4) is 0 Å². The molecule has 4 rings (SSSR count). The highest BCUT2D eigenvalue weighted by atomic mass is 19.1. The summed E-state index contributed by atoms with van der Waals surface area (Å²) in [7, 11) is 0. The van der Waals surface area contributed by atoms with Crippen LogP contribution in [0, 0.1) is 29.4 Å². The Labute approximate surface area is 168 Å². The number of halogens is 2. The number of rotatable bonds is 5. The molecule has 1 saturated heterocycles. The Balaban J connectivity index is 1.25. The number of piperidine rings is 1. The summed E-state index contributed by atoms with van der Waals surface area (Å²) >= 11 is 0. The van der Waals surface area contributed by atoms with Gasteiger partial charge in [-0.05, 0) is 49.3 Å². The van der Waals surface area contributed by atoms with Crippen molar-refractivity contribution in [3.63, 3.8) is 0 Å². The average molecular weight is 398 g/mol. The fourth-order valence-corrected chi connectivity index (χ4v) is 4.11. The Morgan fingerprint density at radius 2 is 1.72 bits per heavy atom. The van der Waals surface area contributed by atoms with Crippen molar-refractivity contribution < 1.29 is 18.4 Å². The van der Waals surface area contributed by atoms with E-state index < -0.39 is 17.6 Å². The number of amides is 2. The summed E-state index contributed by atoms with van der Waals surface area (Å²) in [5.74, 6) is -2.08. The molecule has 0 aromatic heterocycles. The van der Waals surface area contributed by atoms with Crippen LogP contribution in [0.2, 0.25) is 0 Å². The molecule has 0 radical (unpaired) electrons. The third-order valence-corrected chi connectivity index (χ3v) is 5.93. The maximum Gasteiger partial charge on any atom is 0.228 e. The van der Waals surface area contributed by atoms with Gasteiger partial charge in [0.2, 0.25) is 11.8 Å². The molecule has 4 nitrogen and oxygen atoms in total. The Hall–Kier alpha value is -2.76. The van der Waals surface area contributed by atoms with Gasteiger partial charge >= 0.3 is 0 Å². The zero-order valence-electron chi connectivity index (χ0n) is 16.1. The molecule has 1 saturated carbocycles. The van der Waals surface area contributed by atoms with E-state index in [1.807, 2.05) is 23.1 Å². The first-order chi connectivity index (χ1) is 14.0. The van der Waals surface area contributed by atoms with Gasteiger partial charge in [0.15, 0.2) is 0 Å². The van der Waals surface area contributed by atoms with E-state index >= 15 is 0 Å². The first-order valence-corrected chi connectivity index (χ1v) is 10.1. The molecule has 1 aliphatic carbocycles. The summed E-state index contributed by atoms with van der Waals surface area (Å²) in [6.07, 6.45) is 3.44. The van der Waals surface area contributed by atoms with Gasteiger partial charge in [-0.25, -0.2) is 8.78 Å². The minimum absolute atomic E-state index is 0.0166. The molecule has 2 aliphatic rings. The number of nitrogens with one attached hydrogen (secondary N) is 1. The molecule has 2 atom stereocenters. The first-order valence-electron chi connectivity index (χ1n) is 10.1. The van der Waals surface area contributed by atoms with Gasteiger partial charge in [-0.1, -0.05) is 30.3 Å². The monoisotopic (exact) mass is 398 g/mol. The van der Waals surface area contributed by atoms with Gasteiger partial charge in [-0.15, -0.1) is 0 Å². The lowest BCUT2D eigenvalue weighted by Gasteiger charge is -2.32. The van der Waals surface area contributed by atoms with E-state index in [9.17, 15) is 18.4 Å². The number of carbonyl (C=O) groups is 2. The van der Waals surface area contributed by atoms with Crippen LogP contribution in [0.4, 0.5) is 14.5 Å². The molecule has 152 valence electrons. The van der Waals surface area contributed by atoms with Crippen LogP contribution >= 0.6 is 0 Å². The summed E-state index contributed by atoms with van der Waals surface area (Å²) in [6, 6.07) is 13.4. The summed E-state index contributed by atoms with van der Waals surface area (Å²) < 4.78 is 26.7. The topological polar surface area (TPSA) is 49.4 Å². The van der Waals surface area contributed by atoms with Crippen molar-refractivity contribution in [2.45, 2.75) is 25.7 Å². The molecular weight excluding hydrogens is 374 g/mol. The van der Waals surface area contributed by atoms with Gasteiger partial charge in [0.05, 0.1) is 17.5 Å². The molecule has 0 bridgehead atoms. The molecule has 1 heterocycles. The third-order valence-electron chi connectivity index (χ3n) is 5.93. The predicted octanol–water partition coefficient (Wildman–Crippen LogP) is 4.02. The van der Waals surface area contributed by atoms with E-state index in [4.69, 9.17) is 0 Å². The summed E-state index contributed by atoms with van der Waals surface area (Å²) in [5.41, 5.74) is 1.26. The van der Waals surface area contributed by atoms with E-state index in [0.717, 1.165) is 31.4 Å². The second-order valence-corrected chi connectivity index (χ2v) is 8.02. The van der Waals surface area contributed by atoms with Crippen molar-refractivity contribution >= 4 is 17.5 Å². The molecule has 2 unspecified atom stereocenters. The minimum Gasteiger partial charge on any atom is -0.342 e. The Morgan fingerprint density at radius 1 is 1.00 bits per heavy atom. The summed E-state index contributed by atoms with van der Waals surface area (Å²) in [5, 5.41) is 2.47. The van der Waals surface area contributed by atoms with E-state index in [2.05, 4.69) is 17.4 Å². The van der Waals surface area contributed by atoms with Crippen LogP contribution in [0.25, 0.3) is 0 Å². The third kappa shape index (κ3) is 4.63. The van der Waals surface area contributed by atoms with Crippen LogP contribution in [0.1, 0.15) is 24.8 Å². The molecular formula is C23H24F2N2O2. The smallest absolute Gasteiger partial charge is 0.228 e. The zero-order valence-corrected chi connectivity index (χ0v) is 16.1. The zero-order chi connectivity index (χ0) is 20.4. The van der Waals surface area contributed by atoms with E-state index in [1.54, 1.807) is 0 Å². The van der Waals surface area contributed by atoms with Crippen LogP contribution in [0.3, 0.4) is 0 Å². The molecule has 1 aliphatic heterocycles. The maximum atomic E-state index is 13.7. The maximum absolute atomic E-state index is 13.7. The second kappa shape index (κ2) is 8.31. The van der Waals surface area contributed by atoms with Crippen LogP contribution in [-0.2, 0) is 16.0 Å². The van der Waals surface area contributed by atoms with Crippen molar-refractivity contribution in [1.82, 2.24) is 4.90 Å². The van der Waals surface area contributed by atoms with Gasteiger partial charge in [0.1, 0.15) is 11.6 Å². The van der Waals surface area contributed by atoms with Crippen molar-refractivity contribution in [2.24, 2.45) is 17.8 Å². The SMILES string of the molecule is O=C(Nc1ccc(F)cc1F)C1CC1C(=O)N1CCC(Cc2ccccc2)CC1. The van der Waals surface area contributed by atoms with Crippen LogP contribution < -0.4 is 5.32 Å². The highest BCUT2D eigenvalue weighted by molar-refractivity contribution is 5.99. The largest absolute Gasteiger partial charge is 0.342 e. The molecule has 1 N–H and O–H groups in total. The van der Waals surface area contributed by atoms with Gasteiger partial charge in [0, 0.05) is 19.2 Å². The number of hydrogen-bond donors (Lipinski definition) is 1. The quantitative estimate of drug-likeness (QED) is 0.827. The first kappa shape index (κ1) is 19.6. The van der Waals surface area contributed by atoms with Crippen LogP contribution in [0.15, 0.2) is 48.5 Å². The summed E-state index contributed by atoms with van der Waals surface area (Å²) in [4.78, 5) is 26.9. The molecule has 2 amide bonds. The standard InChI is InChI=1S/C23H24F2N2O2/c24-17-6-7-21(20(25)13-17)26-22(28)18-14-19(18)23(29)27-10-8-16(9-11-27)12-15-4-2-1-3-5-15/h1-7,13,16,18-19H,8-12,14H2,(H,26,28). The van der Waals surface area contributed by atoms with Gasteiger partial charge in [-0.3, -0.25) is 9.59 Å². The Bertz CT molecular complexity index is 895. The van der Waals surface area contributed by atoms with E-state index in [-0.39, 0.29) is 23.4 Å². The molecule has 6 heteroatoms.